The van der Waals surface area contributed by atoms with Crippen molar-refractivity contribution in [2.24, 2.45) is 23.2 Å². The van der Waals surface area contributed by atoms with E-state index in [1.165, 1.54) is 12.8 Å². The predicted molar refractivity (Wildman–Crippen MR) is 83.9 cm³/mol. The highest BCUT2D eigenvalue weighted by Gasteiger charge is 2.33. The summed E-state index contributed by atoms with van der Waals surface area (Å²) in [6.45, 7) is 10.3. The molecule has 1 saturated carbocycles. The summed E-state index contributed by atoms with van der Waals surface area (Å²) in [5.74, 6) is 0.894. The molecule has 0 aliphatic heterocycles. The van der Waals surface area contributed by atoms with Crippen molar-refractivity contribution in [3.8, 4) is 0 Å². The Morgan fingerprint density at radius 3 is 2.38 bits per heavy atom. The summed E-state index contributed by atoms with van der Waals surface area (Å²) in [6, 6.07) is 0.238. The van der Waals surface area contributed by atoms with E-state index in [2.05, 4.69) is 26.1 Å². The SMILES string of the molecule is CC1CCC(C(C)C)C(NC(=O)CC(C)(C)CC(=O)O)C1. The molecular weight excluding hydrogens is 266 g/mol. The first-order valence-corrected chi connectivity index (χ1v) is 8.12. The Hall–Kier alpha value is -1.06. The smallest absolute Gasteiger partial charge is 0.303 e. The number of rotatable bonds is 6. The number of hydrogen-bond donors (Lipinski definition) is 2. The van der Waals surface area contributed by atoms with Gasteiger partial charge in [-0.15, -0.1) is 0 Å². The lowest BCUT2D eigenvalue weighted by atomic mass is 9.74. The minimum Gasteiger partial charge on any atom is -0.481 e. The highest BCUT2D eigenvalue weighted by molar-refractivity contribution is 5.78. The molecule has 122 valence electrons. The fourth-order valence-electron chi connectivity index (χ4n) is 3.53. The minimum absolute atomic E-state index is 0.00833. The maximum absolute atomic E-state index is 12.3. The van der Waals surface area contributed by atoms with Crippen LogP contribution in [0.3, 0.4) is 0 Å². The number of carbonyl (C=O) groups excluding carboxylic acids is 1. The van der Waals surface area contributed by atoms with Crippen LogP contribution >= 0.6 is 0 Å². The number of carboxylic acids is 1. The average Bonchev–Trinajstić information content (AvgIpc) is 2.24. The summed E-state index contributed by atoms with van der Waals surface area (Å²) in [4.78, 5) is 23.1. The molecule has 4 heteroatoms. The predicted octanol–water partition coefficient (Wildman–Crippen LogP) is 3.45. The molecule has 2 N–H and O–H groups in total. The van der Waals surface area contributed by atoms with E-state index in [1.54, 1.807) is 0 Å². The van der Waals surface area contributed by atoms with Crippen LogP contribution in [0.1, 0.15) is 66.7 Å². The van der Waals surface area contributed by atoms with Crippen LogP contribution in [0.5, 0.6) is 0 Å². The minimum atomic E-state index is -0.848. The number of carbonyl (C=O) groups is 2. The van der Waals surface area contributed by atoms with Gasteiger partial charge in [-0.3, -0.25) is 9.59 Å². The van der Waals surface area contributed by atoms with Gasteiger partial charge in [0.05, 0.1) is 6.42 Å². The molecule has 4 nitrogen and oxygen atoms in total. The van der Waals surface area contributed by atoms with Crippen molar-refractivity contribution in [1.29, 1.82) is 0 Å². The third kappa shape index (κ3) is 6.06. The number of hydrogen-bond acceptors (Lipinski definition) is 2. The highest BCUT2D eigenvalue weighted by atomic mass is 16.4. The largest absolute Gasteiger partial charge is 0.481 e. The summed E-state index contributed by atoms with van der Waals surface area (Å²) in [6.07, 6.45) is 3.74. The summed E-state index contributed by atoms with van der Waals surface area (Å²) in [7, 11) is 0. The van der Waals surface area contributed by atoms with Gasteiger partial charge in [0, 0.05) is 12.5 Å². The van der Waals surface area contributed by atoms with Gasteiger partial charge in [-0.05, 0) is 36.0 Å². The molecule has 0 aromatic rings. The van der Waals surface area contributed by atoms with Crippen LogP contribution in [0.15, 0.2) is 0 Å². The van der Waals surface area contributed by atoms with Crippen LogP contribution in [-0.2, 0) is 9.59 Å². The topological polar surface area (TPSA) is 66.4 Å². The molecule has 0 heterocycles. The second-order valence-corrected chi connectivity index (χ2v) is 7.91. The van der Waals surface area contributed by atoms with Gasteiger partial charge >= 0.3 is 5.97 Å². The van der Waals surface area contributed by atoms with Crippen molar-refractivity contribution >= 4 is 11.9 Å². The van der Waals surface area contributed by atoms with Gasteiger partial charge in [-0.1, -0.05) is 41.0 Å². The molecule has 21 heavy (non-hydrogen) atoms. The number of amides is 1. The zero-order valence-corrected chi connectivity index (χ0v) is 14.1. The molecule has 1 fully saturated rings. The lowest BCUT2D eigenvalue weighted by molar-refractivity contribution is -0.139. The molecule has 0 radical (unpaired) electrons. The van der Waals surface area contributed by atoms with E-state index in [1.807, 2.05) is 13.8 Å². The van der Waals surface area contributed by atoms with E-state index >= 15 is 0 Å². The van der Waals surface area contributed by atoms with Crippen molar-refractivity contribution in [3.05, 3.63) is 0 Å². The Kier molecular flexibility index (Phi) is 6.24. The van der Waals surface area contributed by atoms with Crippen LogP contribution in [0.25, 0.3) is 0 Å². The van der Waals surface area contributed by atoms with Gasteiger partial charge in [0.2, 0.25) is 5.91 Å². The van der Waals surface area contributed by atoms with E-state index in [4.69, 9.17) is 5.11 Å². The van der Waals surface area contributed by atoms with E-state index in [9.17, 15) is 9.59 Å². The first-order chi connectivity index (χ1) is 9.60. The van der Waals surface area contributed by atoms with Crippen molar-refractivity contribution in [2.45, 2.75) is 72.8 Å². The first kappa shape index (κ1) is 18.0. The number of nitrogens with one attached hydrogen (secondary N) is 1. The zero-order valence-electron chi connectivity index (χ0n) is 14.1. The van der Waals surface area contributed by atoms with Crippen LogP contribution < -0.4 is 5.32 Å². The first-order valence-electron chi connectivity index (χ1n) is 8.12. The Morgan fingerprint density at radius 1 is 1.24 bits per heavy atom. The maximum atomic E-state index is 12.3. The standard InChI is InChI=1S/C17H31NO3/c1-11(2)13-7-6-12(3)8-14(13)18-15(19)9-17(4,5)10-16(20)21/h11-14H,6-10H2,1-5H3,(H,18,19)(H,20,21). The van der Waals surface area contributed by atoms with Crippen LogP contribution in [-0.4, -0.2) is 23.0 Å². The molecule has 0 bridgehead atoms. The molecule has 0 aromatic heterocycles. The van der Waals surface area contributed by atoms with Crippen molar-refractivity contribution in [3.63, 3.8) is 0 Å². The molecule has 0 saturated heterocycles. The molecule has 3 unspecified atom stereocenters. The van der Waals surface area contributed by atoms with Crippen LogP contribution in [0, 0.1) is 23.2 Å². The molecule has 1 rings (SSSR count). The second kappa shape index (κ2) is 7.28. The van der Waals surface area contributed by atoms with E-state index < -0.39 is 11.4 Å². The Bertz CT molecular complexity index is 376. The van der Waals surface area contributed by atoms with Crippen LogP contribution in [0.4, 0.5) is 0 Å². The van der Waals surface area contributed by atoms with E-state index in [-0.39, 0.29) is 24.8 Å². The summed E-state index contributed by atoms with van der Waals surface area (Å²) in [5.41, 5.74) is -0.497. The van der Waals surface area contributed by atoms with Gasteiger partial charge in [0.1, 0.15) is 0 Å². The molecule has 3 atom stereocenters. The molecular formula is C17H31NO3. The lowest BCUT2D eigenvalue weighted by Gasteiger charge is -2.38. The Balaban J connectivity index is 2.60. The Labute approximate surface area is 128 Å². The highest BCUT2D eigenvalue weighted by Crippen LogP contribution is 2.34. The molecule has 1 aliphatic rings. The monoisotopic (exact) mass is 297 g/mol. The molecule has 1 amide bonds. The lowest BCUT2D eigenvalue weighted by Crippen LogP contribution is -2.46. The molecule has 0 aromatic carbocycles. The normalized spacial score (nSPS) is 26.7. The second-order valence-electron chi connectivity index (χ2n) is 7.91. The third-order valence-electron chi connectivity index (χ3n) is 4.64. The van der Waals surface area contributed by atoms with E-state index in [0.717, 1.165) is 6.42 Å². The van der Waals surface area contributed by atoms with E-state index in [0.29, 0.717) is 17.8 Å². The fraction of sp³-hybridized carbons (Fsp3) is 0.882. The average molecular weight is 297 g/mol. The maximum Gasteiger partial charge on any atom is 0.303 e. The zero-order chi connectivity index (χ0) is 16.2. The summed E-state index contributed by atoms with van der Waals surface area (Å²) >= 11 is 0. The van der Waals surface area contributed by atoms with Gasteiger partial charge in [0.25, 0.3) is 0 Å². The van der Waals surface area contributed by atoms with Crippen molar-refractivity contribution in [2.75, 3.05) is 0 Å². The number of carboxylic acid groups (broad SMARTS) is 1. The molecule has 0 spiro atoms. The van der Waals surface area contributed by atoms with Crippen LogP contribution in [0.2, 0.25) is 0 Å². The van der Waals surface area contributed by atoms with Gasteiger partial charge in [0.15, 0.2) is 0 Å². The van der Waals surface area contributed by atoms with Gasteiger partial charge in [-0.2, -0.15) is 0 Å². The Morgan fingerprint density at radius 2 is 1.86 bits per heavy atom. The number of aliphatic carboxylic acids is 1. The quantitative estimate of drug-likeness (QED) is 0.789. The third-order valence-corrected chi connectivity index (χ3v) is 4.64. The van der Waals surface area contributed by atoms with Gasteiger partial charge < -0.3 is 10.4 Å². The molecule has 1 aliphatic carbocycles. The summed E-state index contributed by atoms with van der Waals surface area (Å²) < 4.78 is 0. The fourth-order valence-corrected chi connectivity index (χ4v) is 3.53. The van der Waals surface area contributed by atoms with Crippen molar-refractivity contribution < 1.29 is 14.7 Å². The van der Waals surface area contributed by atoms with Gasteiger partial charge in [-0.25, -0.2) is 0 Å². The summed E-state index contributed by atoms with van der Waals surface area (Å²) in [5, 5.41) is 12.1. The van der Waals surface area contributed by atoms with Crippen molar-refractivity contribution in [1.82, 2.24) is 5.32 Å².